The highest BCUT2D eigenvalue weighted by Crippen LogP contribution is 2.24. The van der Waals surface area contributed by atoms with E-state index in [4.69, 9.17) is 0 Å². The second-order valence-electron chi connectivity index (χ2n) is 3.55. The molecular formula is C8H16NO5P-2. The van der Waals surface area contributed by atoms with Crippen LogP contribution in [0.3, 0.4) is 0 Å². The largest absolute Gasteiger partial charge is 0.811 e. The third kappa shape index (κ3) is 9.87. The first-order chi connectivity index (χ1) is 6.83. The number of hydrogen-bond acceptors (Lipinski definition) is 5. The van der Waals surface area contributed by atoms with Gasteiger partial charge in [-0.05, 0) is 19.0 Å². The van der Waals surface area contributed by atoms with Gasteiger partial charge in [-0.25, -0.2) is 0 Å². The number of hydrogen-bond donors (Lipinski definition) is 1. The number of carbonyl (C=O) groups excluding carboxylic acids is 1. The minimum atomic E-state index is -4.37. The van der Waals surface area contributed by atoms with Crippen LogP contribution in [0, 0.1) is 0 Å². The number of unbranched alkanes of at least 4 members (excludes halogenated alkanes) is 3. The number of carbonyl (C=O) groups is 1. The van der Waals surface area contributed by atoms with Crippen molar-refractivity contribution in [3.63, 3.8) is 0 Å². The minimum Gasteiger partial charge on any atom is -0.811 e. The third-order valence-corrected chi connectivity index (χ3v) is 2.93. The van der Waals surface area contributed by atoms with E-state index in [-0.39, 0.29) is 6.16 Å². The van der Waals surface area contributed by atoms with Crippen LogP contribution in [0.5, 0.6) is 0 Å². The molecule has 0 rings (SSSR count). The maximum absolute atomic E-state index is 10.3. The van der Waals surface area contributed by atoms with Crippen molar-refractivity contribution < 1.29 is 30.0 Å². The second-order valence-corrected chi connectivity index (χ2v) is 5.22. The second kappa shape index (κ2) is 6.95. The molecule has 0 aliphatic heterocycles. The molecule has 0 spiro atoms. The molecule has 7 heteroatoms. The summed E-state index contributed by atoms with van der Waals surface area (Å²) in [6.45, 7) is 0. The van der Waals surface area contributed by atoms with Crippen LogP contribution in [0.25, 0.3) is 0 Å². The molecule has 0 radical (unpaired) electrons. The first-order valence-corrected chi connectivity index (χ1v) is 6.61. The lowest BCUT2D eigenvalue weighted by molar-refractivity contribution is -0.438. The van der Waals surface area contributed by atoms with Gasteiger partial charge in [0.15, 0.2) is 0 Å². The van der Waals surface area contributed by atoms with Crippen LogP contribution in [0.1, 0.15) is 32.1 Å². The van der Waals surface area contributed by atoms with Crippen molar-refractivity contribution in [1.29, 1.82) is 0 Å². The Morgan fingerprint density at radius 3 is 2.20 bits per heavy atom. The Kier molecular flexibility index (Phi) is 6.76. The van der Waals surface area contributed by atoms with Crippen LogP contribution in [0.2, 0.25) is 0 Å². The highest BCUT2D eigenvalue weighted by Gasteiger charge is 2.05. The lowest BCUT2D eigenvalue weighted by atomic mass is 10.1. The van der Waals surface area contributed by atoms with Gasteiger partial charge in [0.2, 0.25) is 0 Å². The SMILES string of the molecule is [NH3+][C@H](CCCCCCP(=O)([O-])[O-])C(=O)[O-]. The maximum atomic E-state index is 10.3. The summed E-state index contributed by atoms with van der Waals surface area (Å²) in [6, 6.07) is -0.713. The zero-order valence-corrected chi connectivity index (χ0v) is 9.41. The van der Waals surface area contributed by atoms with E-state index in [1.54, 1.807) is 0 Å². The predicted molar refractivity (Wildman–Crippen MR) is 47.2 cm³/mol. The van der Waals surface area contributed by atoms with E-state index in [9.17, 15) is 24.3 Å². The quantitative estimate of drug-likeness (QED) is 0.360. The first-order valence-electron chi connectivity index (χ1n) is 4.88. The molecule has 15 heavy (non-hydrogen) atoms. The van der Waals surface area contributed by atoms with Gasteiger partial charge in [0, 0.05) is 6.42 Å². The standard InChI is InChI=1S/C8H18NO5P/c9-7(8(10)11)5-3-1-2-4-6-15(12,13)14/h7H,1-6,9H2,(H,10,11)(H2,12,13,14)/p-2/t7-/m1/s1. The highest BCUT2D eigenvalue weighted by atomic mass is 31.2. The van der Waals surface area contributed by atoms with Crippen molar-refractivity contribution in [1.82, 2.24) is 0 Å². The van der Waals surface area contributed by atoms with E-state index in [0.29, 0.717) is 32.1 Å². The summed E-state index contributed by atoms with van der Waals surface area (Å²) in [5.41, 5.74) is 3.39. The summed E-state index contributed by atoms with van der Waals surface area (Å²) in [5, 5.41) is 10.3. The number of carboxylic acid groups (broad SMARTS) is 1. The van der Waals surface area contributed by atoms with Gasteiger partial charge < -0.3 is 30.0 Å². The normalized spacial score (nSPS) is 13.8. The molecule has 0 bridgehead atoms. The lowest BCUT2D eigenvalue weighted by Crippen LogP contribution is -2.68. The maximum Gasteiger partial charge on any atom is 0.124 e. The molecule has 0 unspecified atom stereocenters. The van der Waals surface area contributed by atoms with E-state index < -0.39 is 19.6 Å². The Morgan fingerprint density at radius 1 is 1.20 bits per heavy atom. The van der Waals surface area contributed by atoms with E-state index in [0.717, 1.165) is 0 Å². The Morgan fingerprint density at radius 2 is 1.73 bits per heavy atom. The monoisotopic (exact) mass is 237 g/mol. The molecule has 3 N–H and O–H groups in total. The fourth-order valence-electron chi connectivity index (χ4n) is 1.17. The average molecular weight is 237 g/mol. The van der Waals surface area contributed by atoms with E-state index in [2.05, 4.69) is 5.73 Å². The molecule has 0 aromatic rings. The molecule has 0 aromatic heterocycles. The van der Waals surface area contributed by atoms with Crippen LogP contribution in [0.15, 0.2) is 0 Å². The van der Waals surface area contributed by atoms with Crippen molar-refractivity contribution in [2.75, 3.05) is 6.16 Å². The summed E-state index contributed by atoms with van der Waals surface area (Å²) >= 11 is 0. The fourth-order valence-corrected chi connectivity index (χ4v) is 1.78. The Bertz CT molecular complexity index is 239. The van der Waals surface area contributed by atoms with Crippen molar-refractivity contribution in [3.8, 4) is 0 Å². The Labute approximate surface area is 88.6 Å². The molecule has 0 saturated heterocycles. The summed E-state index contributed by atoms with van der Waals surface area (Å²) in [5.74, 6) is -1.17. The van der Waals surface area contributed by atoms with Crippen LogP contribution in [0.4, 0.5) is 0 Å². The molecule has 1 atom stereocenters. The van der Waals surface area contributed by atoms with Crippen LogP contribution >= 0.6 is 7.60 Å². The van der Waals surface area contributed by atoms with Gasteiger partial charge in [-0.2, -0.15) is 0 Å². The molecule has 6 nitrogen and oxygen atoms in total. The highest BCUT2D eigenvalue weighted by molar-refractivity contribution is 7.48. The van der Waals surface area contributed by atoms with Gasteiger partial charge >= 0.3 is 0 Å². The van der Waals surface area contributed by atoms with E-state index in [1.165, 1.54) is 0 Å². The van der Waals surface area contributed by atoms with Crippen LogP contribution in [-0.4, -0.2) is 18.2 Å². The van der Waals surface area contributed by atoms with Gasteiger partial charge in [0.25, 0.3) is 0 Å². The summed E-state index contributed by atoms with van der Waals surface area (Å²) in [6.07, 6.45) is 2.44. The predicted octanol–water partition coefficient (Wildman–Crippen LogP) is -2.79. The van der Waals surface area contributed by atoms with Crippen molar-refractivity contribution in [2.24, 2.45) is 0 Å². The molecule has 0 aliphatic carbocycles. The zero-order chi connectivity index (χ0) is 11.9. The summed E-state index contributed by atoms with van der Waals surface area (Å²) in [7, 11) is -4.37. The van der Waals surface area contributed by atoms with Crippen LogP contribution < -0.4 is 20.6 Å². The van der Waals surface area contributed by atoms with Gasteiger partial charge in [-0.1, -0.05) is 20.4 Å². The topological polar surface area (TPSA) is 131 Å². The molecule has 0 aromatic carbocycles. The smallest absolute Gasteiger partial charge is 0.124 e. The van der Waals surface area contributed by atoms with Crippen molar-refractivity contribution in [2.45, 2.75) is 38.1 Å². The number of quaternary nitrogens is 1. The lowest BCUT2D eigenvalue weighted by Gasteiger charge is -2.29. The Hall–Kier alpha value is -0.420. The van der Waals surface area contributed by atoms with Gasteiger partial charge in [0.1, 0.15) is 6.04 Å². The van der Waals surface area contributed by atoms with E-state index in [1.807, 2.05) is 0 Å². The first kappa shape index (κ1) is 14.6. The number of carboxylic acids is 1. The fraction of sp³-hybridized carbons (Fsp3) is 0.875. The molecule has 0 amide bonds. The third-order valence-electron chi connectivity index (χ3n) is 2.07. The molecule has 0 fully saturated rings. The average Bonchev–Trinajstić information content (AvgIpc) is 2.08. The van der Waals surface area contributed by atoms with Gasteiger partial charge in [0.05, 0.1) is 5.97 Å². The molecule has 90 valence electrons. The van der Waals surface area contributed by atoms with Gasteiger partial charge in [-0.3, -0.25) is 0 Å². The van der Waals surface area contributed by atoms with E-state index >= 15 is 0 Å². The number of rotatable bonds is 8. The van der Waals surface area contributed by atoms with Gasteiger partial charge in [-0.15, -0.1) is 0 Å². The Balaban J connectivity index is 3.33. The summed E-state index contributed by atoms with van der Waals surface area (Å²) < 4.78 is 10.2. The van der Waals surface area contributed by atoms with Crippen LogP contribution in [-0.2, 0) is 9.36 Å². The molecular weight excluding hydrogens is 221 g/mol. The molecule has 0 heterocycles. The molecule has 0 aliphatic rings. The zero-order valence-electron chi connectivity index (χ0n) is 8.52. The molecule has 0 saturated carbocycles. The minimum absolute atomic E-state index is 0.318. The van der Waals surface area contributed by atoms with Crippen molar-refractivity contribution in [3.05, 3.63) is 0 Å². The van der Waals surface area contributed by atoms with Crippen molar-refractivity contribution >= 4 is 13.6 Å². The summed E-state index contributed by atoms with van der Waals surface area (Å²) in [4.78, 5) is 30.7. The number of aliphatic carboxylic acids is 1.